The van der Waals surface area contributed by atoms with Gasteiger partial charge in [-0.05, 0) is 42.0 Å². The Morgan fingerprint density at radius 2 is 2.40 bits per heavy atom. The molecular formula is C14H19NO4S. The molecule has 1 saturated heterocycles. The minimum absolute atomic E-state index is 0.232. The van der Waals surface area contributed by atoms with E-state index in [0.717, 1.165) is 24.2 Å². The van der Waals surface area contributed by atoms with Crippen LogP contribution in [0.15, 0.2) is 18.2 Å². The van der Waals surface area contributed by atoms with Crippen LogP contribution < -0.4 is 9.46 Å². The molecule has 2 heterocycles. The van der Waals surface area contributed by atoms with Gasteiger partial charge < -0.3 is 19.3 Å². The predicted molar refractivity (Wildman–Crippen MR) is 76.4 cm³/mol. The molecule has 2 aliphatic heterocycles. The summed E-state index contributed by atoms with van der Waals surface area (Å²) in [6, 6.07) is 6.12. The molecule has 3 unspecified atom stereocenters. The highest BCUT2D eigenvalue weighted by atomic mass is 32.2. The number of aliphatic hydroxyl groups is 1. The van der Waals surface area contributed by atoms with Crippen LogP contribution >= 0.6 is 11.9 Å². The van der Waals surface area contributed by atoms with E-state index < -0.39 is 6.29 Å². The molecule has 0 spiro atoms. The lowest BCUT2D eigenvalue weighted by atomic mass is 9.99. The summed E-state index contributed by atoms with van der Waals surface area (Å²) in [4.78, 5) is 0. The van der Waals surface area contributed by atoms with Gasteiger partial charge in [0.2, 0.25) is 6.29 Å². The van der Waals surface area contributed by atoms with Crippen molar-refractivity contribution in [2.75, 3.05) is 13.8 Å². The van der Waals surface area contributed by atoms with Gasteiger partial charge in [0, 0.05) is 13.5 Å². The van der Waals surface area contributed by atoms with Crippen molar-refractivity contribution in [3.63, 3.8) is 0 Å². The largest absolute Gasteiger partial charge is 0.462 e. The van der Waals surface area contributed by atoms with Gasteiger partial charge in [0.15, 0.2) is 0 Å². The first-order chi connectivity index (χ1) is 9.76. The standard InChI is InChI=1S/C14H19NO4S/c1-17-12-7-10-6-9(2-4-11(10)19-14(12)16)3-5-13-18-8-15-20-13/h2,4,6,12-16H,3,5,7-8H2,1H3. The van der Waals surface area contributed by atoms with Crippen molar-refractivity contribution in [3.05, 3.63) is 29.3 Å². The molecule has 3 rings (SSSR count). The molecule has 0 saturated carbocycles. The zero-order chi connectivity index (χ0) is 13.9. The van der Waals surface area contributed by atoms with Crippen molar-refractivity contribution in [1.82, 2.24) is 4.72 Å². The normalized spacial score (nSPS) is 29.0. The monoisotopic (exact) mass is 297 g/mol. The summed E-state index contributed by atoms with van der Waals surface area (Å²) in [5, 5.41) is 9.76. The molecule has 3 atom stereocenters. The van der Waals surface area contributed by atoms with E-state index in [9.17, 15) is 5.11 Å². The van der Waals surface area contributed by atoms with Crippen LogP contribution in [-0.2, 0) is 22.3 Å². The summed E-state index contributed by atoms with van der Waals surface area (Å²) >= 11 is 1.64. The van der Waals surface area contributed by atoms with Gasteiger partial charge in [-0.25, -0.2) is 4.72 Å². The molecule has 1 fully saturated rings. The van der Waals surface area contributed by atoms with E-state index in [-0.39, 0.29) is 11.5 Å². The Morgan fingerprint density at radius 1 is 1.50 bits per heavy atom. The molecule has 0 aliphatic carbocycles. The molecular weight excluding hydrogens is 278 g/mol. The molecule has 2 N–H and O–H groups in total. The maximum atomic E-state index is 9.76. The van der Waals surface area contributed by atoms with E-state index in [4.69, 9.17) is 14.2 Å². The number of hydrogen-bond acceptors (Lipinski definition) is 6. The van der Waals surface area contributed by atoms with Crippen LogP contribution in [0.4, 0.5) is 0 Å². The summed E-state index contributed by atoms with van der Waals surface area (Å²) in [6.45, 7) is 0.626. The summed E-state index contributed by atoms with van der Waals surface area (Å²) in [5.41, 5.74) is 2.59. The van der Waals surface area contributed by atoms with Gasteiger partial charge in [-0.1, -0.05) is 12.1 Å². The third-order valence-corrected chi connectivity index (χ3v) is 4.55. The predicted octanol–water partition coefficient (Wildman–Crippen LogP) is 1.44. The fraction of sp³-hybridized carbons (Fsp3) is 0.571. The SMILES string of the molecule is COC1Cc2cc(CCC3OCNS3)ccc2OC1O. The number of methoxy groups -OCH3 is 1. The number of ether oxygens (including phenoxy) is 3. The molecule has 20 heavy (non-hydrogen) atoms. The van der Waals surface area contributed by atoms with Crippen molar-refractivity contribution in [2.45, 2.75) is 37.1 Å². The first kappa shape index (κ1) is 14.2. The average Bonchev–Trinajstić information content (AvgIpc) is 2.97. The minimum atomic E-state index is -0.882. The Labute approximate surface area is 122 Å². The molecule has 6 heteroatoms. The number of fused-ring (bicyclic) bond motifs is 1. The summed E-state index contributed by atoms with van der Waals surface area (Å²) in [6.07, 6.45) is 1.45. The van der Waals surface area contributed by atoms with Crippen molar-refractivity contribution in [2.24, 2.45) is 0 Å². The maximum Gasteiger partial charge on any atom is 0.224 e. The smallest absolute Gasteiger partial charge is 0.224 e. The first-order valence-corrected chi connectivity index (χ1v) is 7.63. The van der Waals surface area contributed by atoms with Crippen molar-refractivity contribution < 1.29 is 19.3 Å². The van der Waals surface area contributed by atoms with Gasteiger partial charge in [-0.2, -0.15) is 0 Å². The van der Waals surface area contributed by atoms with Gasteiger partial charge in [-0.3, -0.25) is 0 Å². The summed E-state index contributed by atoms with van der Waals surface area (Å²) in [7, 11) is 1.59. The van der Waals surface area contributed by atoms with Crippen LogP contribution in [0.3, 0.4) is 0 Å². The van der Waals surface area contributed by atoms with Crippen LogP contribution in [0.2, 0.25) is 0 Å². The number of aliphatic hydroxyl groups excluding tert-OH is 1. The van der Waals surface area contributed by atoms with Crippen LogP contribution in [0.25, 0.3) is 0 Å². The average molecular weight is 297 g/mol. The Balaban J connectivity index is 1.65. The van der Waals surface area contributed by atoms with Crippen LogP contribution in [0.5, 0.6) is 5.75 Å². The Morgan fingerprint density at radius 3 is 3.15 bits per heavy atom. The van der Waals surface area contributed by atoms with E-state index in [1.807, 2.05) is 12.1 Å². The molecule has 5 nitrogen and oxygen atoms in total. The second-order valence-electron chi connectivity index (χ2n) is 4.97. The third kappa shape index (κ3) is 3.10. The zero-order valence-corrected chi connectivity index (χ0v) is 12.2. The van der Waals surface area contributed by atoms with E-state index in [2.05, 4.69) is 10.8 Å². The van der Waals surface area contributed by atoms with Crippen LogP contribution in [0.1, 0.15) is 17.5 Å². The van der Waals surface area contributed by atoms with Crippen LogP contribution in [-0.4, -0.2) is 36.8 Å². The third-order valence-electron chi connectivity index (χ3n) is 3.63. The second-order valence-corrected chi connectivity index (χ2v) is 6.02. The Kier molecular flexibility index (Phi) is 4.48. The topological polar surface area (TPSA) is 60.0 Å². The number of rotatable bonds is 4. The molecule has 0 aromatic heterocycles. The number of hydrogen-bond donors (Lipinski definition) is 2. The lowest BCUT2D eigenvalue weighted by Crippen LogP contribution is -2.38. The first-order valence-electron chi connectivity index (χ1n) is 6.75. The zero-order valence-electron chi connectivity index (χ0n) is 11.4. The van der Waals surface area contributed by atoms with Crippen LogP contribution in [0, 0.1) is 0 Å². The van der Waals surface area contributed by atoms with E-state index in [1.165, 1.54) is 5.56 Å². The Hall–Kier alpha value is -0.790. The van der Waals surface area contributed by atoms with Gasteiger partial charge in [0.25, 0.3) is 0 Å². The lowest BCUT2D eigenvalue weighted by Gasteiger charge is -2.29. The lowest BCUT2D eigenvalue weighted by molar-refractivity contribution is -0.126. The van der Waals surface area contributed by atoms with Crippen molar-refractivity contribution in [1.29, 1.82) is 0 Å². The molecule has 110 valence electrons. The summed E-state index contributed by atoms with van der Waals surface area (Å²) in [5.74, 6) is 0.753. The minimum Gasteiger partial charge on any atom is -0.462 e. The van der Waals surface area contributed by atoms with Gasteiger partial charge >= 0.3 is 0 Å². The Bertz CT molecular complexity index is 464. The highest BCUT2D eigenvalue weighted by Crippen LogP contribution is 2.30. The van der Waals surface area contributed by atoms with E-state index in [1.54, 1.807) is 19.1 Å². The number of benzene rings is 1. The molecule has 1 aromatic carbocycles. The van der Waals surface area contributed by atoms with Crippen molar-refractivity contribution in [3.8, 4) is 5.75 Å². The molecule has 0 radical (unpaired) electrons. The van der Waals surface area contributed by atoms with E-state index in [0.29, 0.717) is 13.2 Å². The highest BCUT2D eigenvalue weighted by molar-refractivity contribution is 7.98. The van der Waals surface area contributed by atoms with Gasteiger partial charge in [0.1, 0.15) is 24.0 Å². The van der Waals surface area contributed by atoms with E-state index >= 15 is 0 Å². The fourth-order valence-electron chi connectivity index (χ4n) is 2.50. The molecule has 1 aromatic rings. The quantitative estimate of drug-likeness (QED) is 0.820. The number of aryl methyl sites for hydroxylation is 1. The fourth-order valence-corrected chi connectivity index (χ4v) is 3.19. The van der Waals surface area contributed by atoms with Crippen molar-refractivity contribution >= 4 is 11.9 Å². The molecule has 0 amide bonds. The van der Waals surface area contributed by atoms with Gasteiger partial charge in [-0.15, -0.1) is 0 Å². The number of nitrogens with one attached hydrogen (secondary N) is 1. The van der Waals surface area contributed by atoms with Gasteiger partial charge in [0.05, 0.1) is 0 Å². The summed E-state index contributed by atoms with van der Waals surface area (Å²) < 4.78 is 19.3. The second kappa shape index (κ2) is 6.32. The maximum absolute atomic E-state index is 9.76. The molecule has 0 bridgehead atoms. The molecule has 2 aliphatic rings. The highest BCUT2D eigenvalue weighted by Gasteiger charge is 2.28.